The van der Waals surface area contributed by atoms with Crippen LogP contribution in [0.15, 0.2) is 30.6 Å². The Labute approximate surface area is 114 Å². The van der Waals surface area contributed by atoms with Crippen molar-refractivity contribution in [3.8, 4) is 0 Å². The molecule has 2 N–H and O–H groups in total. The predicted octanol–water partition coefficient (Wildman–Crippen LogP) is 2.30. The van der Waals surface area contributed by atoms with Gasteiger partial charge < -0.3 is 10.6 Å². The van der Waals surface area contributed by atoms with Crippen molar-refractivity contribution in [2.75, 3.05) is 17.2 Å². The van der Waals surface area contributed by atoms with Crippen LogP contribution in [-0.4, -0.2) is 21.3 Å². The summed E-state index contributed by atoms with van der Waals surface area (Å²) in [7, 11) is 0. The molecule has 0 fully saturated rings. The molecule has 2 aromatic rings. The van der Waals surface area contributed by atoms with E-state index in [9.17, 15) is 0 Å². The van der Waals surface area contributed by atoms with E-state index in [-0.39, 0.29) is 0 Å². The summed E-state index contributed by atoms with van der Waals surface area (Å²) in [6.45, 7) is 6.76. The number of nitrogen functional groups attached to an aromatic ring is 1. The molecule has 0 saturated carbocycles. The number of para-hydroxylation sites is 2. The number of rotatable bonds is 6. The lowest BCUT2D eigenvalue weighted by atomic mass is 10.2. The zero-order valence-electron chi connectivity index (χ0n) is 11.6. The van der Waals surface area contributed by atoms with E-state index in [0.29, 0.717) is 0 Å². The lowest BCUT2D eigenvalue weighted by molar-refractivity contribution is 0.562. The molecular weight excluding hydrogens is 238 g/mol. The Morgan fingerprint density at radius 3 is 2.74 bits per heavy atom. The summed E-state index contributed by atoms with van der Waals surface area (Å²) >= 11 is 0. The third-order valence-corrected chi connectivity index (χ3v) is 3.12. The van der Waals surface area contributed by atoms with Crippen LogP contribution in [-0.2, 0) is 13.1 Å². The van der Waals surface area contributed by atoms with Gasteiger partial charge in [-0.15, -0.1) is 0 Å². The molecule has 0 unspecified atom stereocenters. The summed E-state index contributed by atoms with van der Waals surface area (Å²) in [6, 6.07) is 7.92. The molecule has 0 aliphatic carbocycles. The average molecular weight is 259 g/mol. The van der Waals surface area contributed by atoms with Crippen LogP contribution in [0, 0.1) is 0 Å². The Balaban J connectivity index is 2.19. The summed E-state index contributed by atoms with van der Waals surface area (Å²) < 4.78 is 1.96. The molecule has 0 bridgehead atoms. The van der Waals surface area contributed by atoms with Gasteiger partial charge in [-0.25, -0.2) is 9.67 Å². The molecule has 0 atom stereocenters. The van der Waals surface area contributed by atoms with Gasteiger partial charge in [0.05, 0.1) is 17.9 Å². The molecule has 1 aromatic carbocycles. The van der Waals surface area contributed by atoms with E-state index in [0.717, 1.165) is 43.3 Å². The first kappa shape index (κ1) is 13.4. The largest absolute Gasteiger partial charge is 0.397 e. The Kier molecular flexibility index (Phi) is 4.39. The summed E-state index contributed by atoms with van der Waals surface area (Å²) in [5.74, 6) is 0.979. The summed E-state index contributed by atoms with van der Waals surface area (Å²) in [5, 5.41) is 4.26. The number of nitrogens with zero attached hydrogens (tertiary/aromatic N) is 4. The Morgan fingerprint density at radius 2 is 2.05 bits per heavy atom. The molecule has 0 spiro atoms. The fraction of sp³-hybridized carbons (Fsp3) is 0.429. The molecule has 5 heteroatoms. The van der Waals surface area contributed by atoms with Gasteiger partial charge in [0.1, 0.15) is 12.2 Å². The maximum absolute atomic E-state index is 6.04. The molecule has 19 heavy (non-hydrogen) atoms. The van der Waals surface area contributed by atoms with E-state index in [1.165, 1.54) is 0 Å². The van der Waals surface area contributed by atoms with Crippen molar-refractivity contribution in [2.24, 2.45) is 0 Å². The van der Waals surface area contributed by atoms with Crippen LogP contribution < -0.4 is 10.6 Å². The van der Waals surface area contributed by atoms with Gasteiger partial charge >= 0.3 is 0 Å². The van der Waals surface area contributed by atoms with Crippen molar-refractivity contribution in [3.63, 3.8) is 0 Å². The number of nitrogens with two attached hydrogens (primary N) is 1. The molecule has 1 heterocycles. The van der Waals surface area contributed by atoms with Crippen LogP contribution in [0.4, 0.5) is 11.4 Å². The van der Waals surface area contributed by atoms with E-state index < -0.39 is 0 Å². The van der Waals surface area contributed by atoms with Crippen LogP contribution in [0.5, 0.6) is 0 Å². The van der Waals surface area contributed by atoms with E-state index in [4.69, 9.17) is 5.73 Å². The summed E-state index contributed by atoms with van der Waals surface area (Å²) in [5.41, 5.74) is 7.89. The SMILES string of the molecule is CCCn1ncnc1CN(CC)c1ccccc1N. The van der Waals surface area contributed by atoms with E-state index in [1.807, 2.05) is 28.9 Å². The molecule has 102 valence electrons. The summed E-state index contributed by atoms with van der Waals surface area (Å²) in [6.07, 6.45) is 2.67. The van der Waals surface area contributed by atoms with E-state index in [1.54, 1.807) is 6.33 Å². The lowest BCUT2D eigenvalue weighted by Gasteiger charge is -2.24. The average Bonchev–Trinajstić information content (AvgIpc) is 2.85. The first-order chi connectivity index (χ1) is 9.26. The van der Waals surface area contributed by atoms with Gasteiger partial charge in [0.2, 0.25) is 0 Å². The maximum Gasteiger partial charge on any atom is 0.146 e. The van der Waals surface area contributed by atoms with Crippen LogP contribution in [0.2, 0.25) is 0 Å². The highest BCUT2D eigenvalue weighted by molar-refractivity contribution is 5.67. The Bertz CT molecular complexity index is 520. The predicted molar refractivity (Wildman–Crippen MR) is 77.9 cm³/mol. The summed E-state index contributed by atoms with van der Waals surface area (Å²) in [4.78, 5) is 6.56. The highest BCUT2D eigenvalue weighted by atomic mass is 15.3. The normalized spacial score (nSPS) is 10.6. The number of anilines is 2. The van der Waals surface area contributed by atoms with Crippen molar-refractivity contribution in [1.82, 2.24) is 14.8 Å². The van der Waals surface area contributed by atoms with Crippen molar-refractivity contribution in [2.45, 2.75) is 33.4 Å². The topological polar surface area (TPSA) is 60.0 Å². The lowest BCUT2D eigenvalue weighted by Crippen LogP contribution is -2.25. The second-order valence-electron chi connectivity index (χ2n) is 4.47. The molecule has 0 radical (unpaired) electrons. The standard InChI is InChI=1S/C14H21N5/c1-3-9-19-14(16-11-17-19)10-18(4-2)13-8-6-5-7-12(13)15/h5-8,11H,3-4,9-10,15H2,1-2H3. The van der Waals surface area contributed by atoms with Crippen molar-refractivity contribution in [3.05, 3.63) is 36.4 Å². The number of hydrogen-bond acceptors (Lipinski definition) is 4. The smallest absolute Gasteiger partial charge is 0.146 e. The van der Waals surface area contributed by atoms with Crippen molar-refractivity contribution >= 4 is 11.4 Å². The van der Waals surface area contributed by atoms with Gasteiger partial charge in [-0.3, -0.25) is 0 Å². The minimum absolute atomic E-state index is 0.727. The fourth-order valence-corrected chi connectivity index (χ4v) is 2.12. The number of aryl methyl sites for hydroxylation is 1. The van der Waals surface area contributed by atoms with Gasteiger partial charge in [-0.2, -0.15) is 5.10 Å². The first-order valence-corrected chi connectivity index (χ1v) is 6.72. The molecule has 0 aliphatic heterocycles. The number of aromatic nitrogens is 3. The number of hydrogen-bond donors (Lipinski definition) is 1. The molecule has 5 nitrogen and oxygen atoms in total. The third-order valence-electron chi connectivity index (χ3n) is 3.12. The molecule has 0 aliphatic rings. The monoisotopic (exact) mass is 259 g/mol. The molecular formula is C14H21N5. The Morgan fingerprint density at radius 1 is 1.26 bits per heavy atom. The second kappa shape index (κ2) is 6.22. The van der Waals surface area contributed by atoms with Crippen LogP contribution in [0.3, 0.4) is 0 Å². The van der Waals surface area contributed by atoms with Gasteiger partial charge in [0.15, 0.2) is 0 Å². The van der Waals surface area contributed by atoms with Gasteiger partial charge in [-0.1, -0.05) is 19.1 Å². The molecule has 1 aromatic heterocycles. The zero-order valence-corrected chi connectivity index (χ0v) is 11.6. The van der Waals surface area contributed by atoms with Crippen LogP contribution >= 0.6 is 0 Å². The molecule has 0 saturated heterocycles. The van der Waals surface area contributed by atoms with Gasteiger partial charge in [-0.05, 0) is 25.5 Å². The molecule has 0 amide bonds. The minimum Gasteiger partial charge on any atom is -0.397 e. The maximum atomic E-state index is 6.04. The second-order valence-corrected chi connectivity index (χ2v) is 4.47. The third kappa shape index (κ3) is 3.05. The van der Waals surface area contributed by atoms with Gasteiger partial charge in [0, 0.05) is 13.1 Å². The molecule has 2 rings (SSSR count). The van der Waals surface area contributed by atoms with Crippen molar-refractivity contribution < 1.29 is 0 Å². The van der Waals surface area contributed by atoms with Gasteiger partial charge in [0.25, 0.3) is 0 Å². The highest BCUT2D eigenvalue weighted by Gasteiger charge is 2.12. The van der Waals surface area contributed by atoms with E-state index in [2.05, 4.69) is 28.8 Å². The fourth-order valence-electron chi connectivity index (χ4n) is 2.12. The minimum atomic E-state index is 0.727. The number of benzene rings is 1. The Hall–Kier alpha value is -2.04. The zero-order chi connectivity index (χ0) is 13.7. The van der Waals surface area contributed by atoms with Crippen molar-refractivity contribution in [1.29, 1.82) is 0 Å². The first-order valence-electron chi connectivity index (χ1n) is 6.72. The quantitative estimate of drug-likeness (QED) is 0.809. The van der Waals surface area contributed by atoms with Crippen LogP contribution in [0.25, 0.3) is 0 Å². The highest BCUT2D eigenvalue weighted by Crippen LogP contribution is 2.23. The van der Waals surface area contributed by atoms with Crippen LogP contribution in [0.1, 0.15) is 26.1 Å². The van der Waals surface area contributed by atoms with E-state index >= 15 is 0 Å².